The molecule has 0 spiro atoms. The fourth-order valence-electron chi connectivity index (χ4n) is 5.99. The summed E-state index contributed by atoms with van der Waals surface area (Å²) in [5, 5.41) is 0. The molecule has 186 valence electrons. The van der Waals surface area contributed by atoms with Crippen LogP contribution in [0.5, 0.6) is 0 Å². The standard InChI is InChI=1S/C16H18.C13H20.2CH3.2ClH.Zr/c1-2-6-13(7-3-1)10-14-11-15-8-4-5-9-16(15)12-14;1-2-3-6-11-9-12-7-4-5-8-13(12)10-11;;;;;/h1-9,14-16H,10-12H2;4-5,7-8,11-13H,2-3,6,9-10H2,1H3;2*1H3;2*1H;/q;;2*-1;;;+4/p-2. The molecule has 0 saturated heterocycles. The molecule has 0 aromatic heterocycles. The van der Waals surface area contributed by atoms with E-state index in [0.29, 0.717) is 0 Å². The third kappa shape index (κ3) is 10.3. The van der Waals surface area contributed by atoms with Gasteiger partial charge in [-0.15, -0.1) is 0 Å². The van der Waals surface area contributed by atoms with Gasteiger partial charge in [-0.05, 0) is 73.2 Å². The Morgan fingerprint density at radius 2 is 1.12 bits per heavy atom. The van der Waals surface area contributed by atoms with E-state index in [1.165, 1.54) is 56.9 Å². The molecular formula is C31H44Cl2Zr. The van der Waals surface area contributed by atoms with Crippen molar-refractivity contribution in [1.29, 1.82) is 0 Å². The van der Waals surface area contributed by atoms with Gasteiger partial charge in [0.05, 0.1) is 0 Å². The monoisotopic (exact) mass is 576 g/mol. The summed E-state index contributed by atoms with van der Waals surface area (Å²) in [4.78, 5) is 0. The van der Waals surface area contributed by atoms with Gasteiger partial charge < -0.3 is 14.9 Å². The van der Waals surface area contributed by atoms with Crippen LogP contribution in [0.1, 0.15) is 57.4 Å². The molecular weight excluding hydrogens is 534 g/mol. The van der Waals surface area contributed by atoms with Crippen molar-refractivity contribution in [3.8, 4) is 0 Å². The van der Waals surface area contributed by atoms with E-state index < -0.39 is 20.8 Å². The van der Waals surface area contributed by atoms with Crippen LogP contribution in [0.3, 0.4) is 0 Å². The molecule has 1 aromatic rings. The molecule has 2 fully saturated rings. The minimum absolute atomic E-state index is 0. The second kappa shape index (κ2) is 18.0. The van der Waals surface area contributed by atoms with Crippen molar-refractivity contribution in [3.63, 3.8) is 0 Å². The first-order valence-electron chi connectivity index (χ1n) is 12.4. The van der Waals surface area contributed by atoms with Crippen molar-refractivity contribution >= 4 is 17.0 Å². The Morgan fingerprint density at radius 1 is 0.706 bits per heavy atom. The molecule has 34 heavy (non-hydrogen) atoms. The van der Waals surface area contributed by atoms with Gasteiger partial charge in [0, 0.05) is 0 Å². The fourth-order valence-corrected chi connectivity index (χ4v) is 5.99. The van der Waals surface area contributed by atoms with Crippen LogP contribution in [0.4, 0.5) is 0 Å². The van der Waals surface area contributed by atoms with Gasteiger partial charge in [-0.25, -0.2) is 0 Å². The number of rotatable bonds is 5. The molecule has 0 heterocycles. The molecule has 4 atom stereocenters. The van der Waals surface area contributed by atoms with Gasteiger partial charge in [-0.1, -0.05) is 105 Å². The summed E-state index contributed by atoms with van der Waals surface area (Å²) in [6, 6.07) is 10.9. The van der Waals surface area contributed by atoms with Crippen LogP contribution in [-0.2, 0) is 27.3 Å². The van der Waals surface area contributed by atoms with Crippen LogP contribution in [0.2, 0.25) is 0 Å². The van der Waals surface area contributed by atoms with Crippen molar-refractivity contribution in [1.82, 2.24) is 0 Å². The van der Waals surface area contributed by atoms with Crippen molar-refractivity contribution in [2.45, 2.75) is 58.3 Å². The molecule has 4 unspecified atom stereocenters. The number of halogens is 2. The topological polar surface area (TPSA) is 0 Å². The molecule has 0 N–H and O–H groups in total. The second-order valence-electron chi connectivity index (χ2n) is 9.77. The summed E-state index contributed by atoms with van der Waals surface area (Å²) < 4.78 is 0. The van der Waals surface area contributed by atoms with E-state index in [-0.39, 0.29) is 14.9 Å². The van der Waals surface area contributed by atoms with Crippen molar-refractivity contribution < 1.29 is 20.8 Å². The Morgan fingerprint density at radius 3 is 1.53 bits per heavy atom. The molecule has 4 aliphatic rings. The summed E-state index contributed by atoms with van der Waals surface area (Å²) >= 11 is -0.826. The predicted octanol–water partition coefficient (Wildman–Crippen LogP) is 10.2. The van der Waals surface area contributed by atoms with Crippen molar-refractivity contribution in [3.05, 3.63) is 99.4 Å². The molecule has 1 aromatic carbocycles. The molecule has 4 aliphatic carbocycles. The quantitative estimate of drug-likeness (QED) is 0.305. The van der Waals surface area contributed by atoms with Gasteiger partial charge in [0.15, 0.2) is 0 Å². The van der Waals surface area contributed by atoms with Crippen LogP contribution in [0.15, 0.2) is 78.9 Å². The predicted molar refractivity (Wildman–Crippen MR) is 150 cm³/mol. The summed E-state index contributed by atoms with van der Waals surface area (Å²) in [6.07, 6.45) is 29.7. The van der Waals surface area contributed by atoms with Crippen LogP contribution in [-0.4, -0.2) is 0 Å². The molecule has 5 rings (SSSR count). The number of hydrogen-bond donors (Lipinski definition) is 0. The van der Waals surface area contributed by atoms with Gasteiger partial charge in [-0.2, -0.15) is 0 Å². The zero-order valence-electron chi connectivity index (χ0n) is 21.4. The molecule has 0 radical (unpaired) electrons. The van der Waals surface area contributed by atoms with E-state index in [9.17, 15) is 0 Å². The normalized spacial score (nSPS) is 29.1. The molecule has 0 aliphatic heterocycles. The first-order chi connectivity index (χ1) is 15.7. The molecule has 2 saturated carbocycles. The maximum absolute atomic E-state index is 4.93. The third-order valence-electron chi connectivity index (χ3n) is 7.51. The Bertz CT molecular complexity index is 727. The average Bonchev–Trinajstić information content (AvgIpc) is 3.42. The Hall–Kier alpha value is -0.357. The molecule has 0 bridgehead atoms. The van der Waals surface area contributed by atoms with E-state index in [4.69, 9.17) is 17.0 Å². The second-order valence-corrected chi connectivity index (χ2v) is 13.5. The van der Waals surface area contributed by atoms with E-state index in [0.717, 1.165) is 35.5 Å². The Kier molecular flexibility index (Phi) is 16.7. The summed E-state index contributed by atoms with van der Waals surface area (Å²) in [5.74, 6) is 5.29. The summed E-state index contributed by atoms with van der Waals surface area (Å²) in [6.45, 7) is 2.29. The van der Waals surface area contributed by atoms with Crippen molar-refractivity contribution in [2.24, 2.45) is 35.5 Å². The van der Waals surface area contributed by atoms with Crippen LogP contribution < -0.4 is 0 Å². The van der Waals surface area contributed by atoms with Crippen LogP contribution in [0, 0.1) is 50.4 Å². The van der Waals surface area contributed by atoms with Gasteiger partial charge in [0.25, 0.3) is 0 Å². The molecule has 0 nitrogen and oxygen atoms in total. The first-order valence-corrected chi connectivity index (χ1v) is 18.8. The van der Waals surface area contributed by atoms with Crippen molar-refractivity contribution in [2.75, 3.05) is 0 Å². The first kappa shape index (κ1) is 31.7. The number of allylic oxidation sites excluding steroid dienone is 8. The van der Waals surface area contributed by atoms with Gasteiger partial charge in [0.1, 0.15) is 0 Å². The molecule has 3 heteroatoms. The van der Waals surface area contributed by atoms with Gasteiger partial charge in [0.2, 0.25) is 0 Å². The summed E-state index contributed by atoms with van der Waals surface area (Å²) in [7, 11) is 9.87. The van der Waals surface area contributed by atoms with E-state index >= 15 is 0 Å². The number of benzene rings is 1. The SMILES string of the molecule is C1=CC2CC(Cc3ccccc3)CC2C=C1.CCCCC1CC2C=CC=CC2C1.[CH3-].[CH3-].[Cl][Zr+2][Cl]. The zero-order chi connectivity index (χ0) is 22.6. The number of unbranched alkanes of at least 4 members (excludes halogenated alkanes) is 1. The molecule has 0 amide bonds. The fraction of sp³-hybridized carbons (Fsp3) is 0.484. The van der Waals surface area contributed by atoms with Gasteiger partial charge >= 0.3 is 37.9 Å². The Labute approximate surface area is 229 Å². The van der Waals surface area contributed by atoms with Gasteiger partial charge in [-0.3, -0.25) is 0 Å². The summed E-state index contributed by atoms with van der Waals surface area (Å²) in [5.41, 5.74) is 1.50. The number of fused-ring (bicyclic) bond motifs is 2. The zero-order valence-corrected chi connectivity index (χ0v) is 25.4. The number of hydrogen-bond acceptors (Lipinski definition) is 0. The van der Waals surface area contributed by atoms with Crippen LogP contribution >= 0.6 is 17.0 Å². The maximum atomic E-state index is 4.93. The minimum atomic E-state index is -0.826. The average molecular weight is 579 g/mol. The van der Waals surface area contributed by atoms with E-state index in [1.54, 1.807) is 0 Å². The third-order valence-corrected chi connectivity index (χ3v) is 7.51. The Balaban J connectivity index is 0.000000294. The van der Waals surface area contributed by atoms with E-state index in [2.05, 4.69) is 85.9 Å². The van der Waals surface area contributed by atoms with E-state index in [1.807, 2.05) is 0 Å². The van der Waals surface area contributed by atoms with Crippen LogP contribution in [0.25, 0.3) is 0 Å².